The molecule has 2 aliphatic rings. The van der Waals surface area contributed by atoms with Gasteiger partial charge in [0.2, 0.25) is 0 Å². The van der Waals surface area contributed by atoms with Crippen LogP contribution in [0.25, 0.3) is 17.2 Å². The van der Waals surface area contributed by atoms with Crippen LogP contribution in [0.4, 0.5) is 5.69 Å². The van der Waals surface area contributed by atoms with E-state index in [1.165, 1.54) is 11.1 Å². The quantitative estimate of drug-likeness (QED) is 0.488. The summed E-state index contributed by atoms with van der Waals surface area (Å²) >= 11 is 1.68. The minimum atomic E-state index is -0.0792. The maximum Gasteiger partial charge on any atom is 0.251 e. The zero-order chi connectivity index (χ0) is 23.3. The number of carbonyl (C=O) groups is 1. The van der Waals surface area contributed by atoms with Crippen LogP contribution in [0.2, 0.25) is 0 Å². The largest absolute Gasteiger partial charge is 0.493 e. The first-order chi connectivity index (χ1) is 16.7. The SMILES string of the molecule is CN(Cc1ccc(NC(=O)C2=Cc3cc(-c4ccsc4)ccc3OCC2)cc1)C1CCOCC1. The molecule has 1 N–H and O–H groups in total. The van der Waals surface area contributed by atoms with Crippen LogP contribution in [0.5, 0.6) is 5.75 Å². The Morgan fingerprint density at radius 1 is 1.06 bits per heavy atom. The molecule has 0 spiro atoms. The third-order valence-electron chi connectivity index (χ3n) is 6.57. The van der Waals surface area contributed by atoms with Crippen LogP contribution in [-0.4, -0.2) is 43.7 Å². The lowest BCUT2D eigenvalue weighted by Crippen LogP contribution is -2.36. The van der Waals surface area contributed by atoms with E-state index < -0.39 is 0 Å². The summed E-state index contributed by atoms with van der Waals surface area (Å²) in [6, 6.07) is 17.0. The summed E-state index contributed by atoms with van der Waals surface area (Å²) in [6.45, 7) is 3.08. The first kappa shape index (κ1) is 22.8. The molecule has 5 nitrogen and oxygen atoms in total. The van der Waals surface area contributed by atoms with Crippen molar-refractivity contribution in [3.05, 3.63) is 76.0 Å². The van der Waals surface area contributed by atoms with Crippen molar-refractivity contribution < 1.29 is 14.3 Å². The molecule has 5 rings (SSSR count). The molecule has 0 radical (unpaired) electrons. The number of ether oxygens (including phenoxy) is 2. The Kier molecular flexibility index (Phi) is 7.09. The van der Waals surface area contributed by atoms with Crippen molar-refractivity contribution in [1.29, 1.82) is 0 Å². The maximum atomic E-state index is 13.1. The first-order valence-electron chi connectivity index (χ1n) is 11.8. The molecule has 0 aliphatic carbocycles. The number of hydrogen-bond acceptors (Lipinski definition) is 5. The molecule has 0 saturated carbocycles. The van der Waals surface area contributed by atoms with Gasteiger partial charge in [0.05, 0.1) is 6.61 Å². The summed E-state index contributed by atoms with van der Waals surface area (Å²) in [5, 5.41) is 7.26. The summed E-state index contributed by atoms with van der Waals surface area (Å²) in [7, 11) is 2.17. The van der Waals surface area contributed by atoms with E-state index in [9.17, 15) is 4.79 Å². The molecule has 1 saturated heterocycles. The molecule has 0 unspecified atom stereocenters. The van der Waals surface area contributed by atoms with Crippen LogP contribution in [-0.2, 0) is 16.1 Å². The van der Waals surface area contributed by atoms with Gasteiger partial charge in [0.1, 0.15) is 5.75 Å². The molecule has 3 aromatic rings. The maximum absolute atomic E-state index is 13.1. The average Bonchev–Trinajstić information content (AvgIpc) is 3.32. The number of benzene rings is 2. The Labute approximate surface area is 205 Å². The number of rotatable bonds is 6. The van der Waals surface area contributed by atoms with Gasteiger partial charge < -0.3 is 14.8 Å². The molecule has 1 fully saturated rings. The zero-order valence-corrected chi connectivity index (χ0v) is 20.3. The van der Waals surface area contributed by atoms with Gasteiger partial charge in [0.25, 0.3) is 5.91 Å². The van der Waals surface area contributed by atoms with Crippen molar-refractivity contribution >= 4 is 29.0 Å². The van der Waals surface area contributed by atoms with Gasteiger partial charge in [-0.05, 0) is 83.7 Å². The number of nitrogens with one attached hydrogen (secondary N) is 1. The van der Waals surface area contributed by atoms with Gasteiger partial charge in [-0.2, -0.15) is 11.3 Å². The highest BCUT2D eigenvalue weighted by molar-refractivity contribution is 7.08. The fourth-order valence-corrected chi connectivity index (χ4v) is 5.22. The lowest BCUT2D eigenvalue weighted by Gasteiger charge is -2.31. The van der Waals surface area contributed by atoms with Crippen molar-refractivity contribution in [2.75, 3.05) is 32.2 Å². The van der Waals surface area contributed by atoms with Crippen LogP contribution < -0.4 is 10.1 Å². The number of carbonyl (C=O) groups excluding carboxylic acids is 1. The minimum Gasteiger partial charge on any atom is -0.493 e. The predicted octanol–water partition coefficient (Wildman–Crippen LogP) is 5.83. The molecule has 2 aliphatic heterocycles. The van der Waals surface area contributed by atoms with E-state index >= 15 is 0 Å². The molecule has 176 valence electrons. The van der Waals surface area contributed by atoms with Crippen molar-refractivity contribution in [3.63, 3.8) is 0 Å². The van der Waals surface area contributed by atoms with E-state index in [0.717, 1.165) is 60.7 Å². The van der Waals surface area contributed by atoms with E-state index in [1.807, 2.05) is 24.3 Å². The molecule has 2 aromatic carbocycles. The molecule has 1 amide bonds. The molecule has 0 bridgehead atoms. The van der Waals surface area contributed by atoms with Crippen molar-refractivity contribution in [2.24, 2.45) is 0 Å². The smallest absolute Gasteiger partial charge is 0.251 e. The van der Waals surface area contributed by atoms with Crippen molar-refractivity contribution in [1.82, 2.24) is 4.90 Å². The molecular formula is C28H30N2O3S. The van der Waals surface area contributed by atoms with Crippen LogP contribution in [0.1, 0.15) is 30.4 Å². The number of nitrogens with zero attached hydrogens (tertiary/aromatic N) is 1. The number of hydrogen-bond donors (Lipinski definition) is 1. The molecule has 1 aromatic heterocycles. The van der Waals surface area contributed by atoms with Crippen LogP contribution in [0, 0.1) is 0 Å². The molecular weight excluding hydrogens is 444 g/mol. The Morgan fingerprint density at radius 2 is 1.88 bits per heavy atom. The molecule has 0 atom stereocenters. The normalized spacial score (nSPS) is 16.4. The number of fused-ring (bicyclic) bond motifs is 1. The van der Waals surface area contributed by atoms with Gasteiger partial charge in [-0.25, -0.2) is 0 Å². The molecule has 3 heterocycles. The molecule has 6 heteroatoms. The number of amides is 1. The second-order valence-electron chi connectivity index (χ2n) is 8.94. The number of anilines is 1. The summed E-state index contributed by atoms with van der Waals surface area (Å²) < 4.78 is 11.4. The number of thiophene rings is 1. The average molecular weight is 475 g/mol. The lowest BCUT2D eigenvalue weighted by molar-refractivity contribution is -0.113. The second-order valence-corrected chi connectivity index (χ2v) is 9.72. The topological polar surface area (TPSA) is 50.8 Å². The first-order valence-corrected chi connectivity index (χ1v) is 12.8. The highest BCUT2D eigenvalue weighted by atomic mass is 32.1. The van der Waals surface area contributed by atoms with Gasteiger partial charge in [-0.3, -0.25) is 9.69 Å². The summed E-state index contributed by atoms with van der Waals surface area (Å²) in [5.74, 6) is 0.740. The fourth-order valence-electron chi connectivity index (χ4n) is 4.56. The Bertz CT molecular complexity index is 1150. The van der Waals surface area contributed by atoms with Crippen LogP contribution >= 0.6 is 11.3 Å². The van der Waals surface area contributed by atoms with Gasteiger partial charge in [-0.15, -0.1) is 0 Å². The summed E-state index contributed by atoms with van der Waals surface area (Å²) in [4.78, 5) is 15.5. The van der Waals surface area contributed by atoms with Gasteiger partial charge in [0.15, 0.2) is 0 Å². The van der Waals surface area contributed by atoms with Crippen molar-refractivity contribution in [2.45, 2.75) is 31.8 Å². The third-order valence-corrected chi connectivity index (χ3v) is 7.26. The standard InChI is InChI=1S/C28H30N2O3S/c1-30(26-9-12-32-13-10-26)18-20-2-5-25(6-3-20)29-28(31)22-8-14-33-27-7-4-21(16-24(27)17-22)23-11-15-34-19-23/h2-7,11,15-17,19,26H,8-10,12-14,18H2,1H3,(H,29,31). The highest BCUT2D eigenvalue weighted by Crippen LogP contribution is 2.32. The fraction of sp³-hybridized carbons (Fsp3) is 0.321. The van der Waals surface area contributed by atoms with E-state index in [1.54, 1.807) is 11.3 Å². The minimum absolute atomic E-state index is 0.0792. The van der Waals surface area contributed by atoms with E-state index in [2.05, 4.69) is 58.4 Å². The second kappa shape index (κ2) is 10.6. The van der Waals surface area contributed by atoms with Crippen molar-refractivity contribution in [3.8, 4) is 16.9 Å². The van der Waals surface area contributed by atoms with Crippen LogP contribution in [0.3, 0.4) is 0 Å². The van der Waals surface area contributed by atoms with E-state index in [4.69, 9.17) is 9.47 Å². The molecule has 34 heavy (non-hydrogen) atoms. The Balaban J connectivity index is 1.25. The van der Waals surface area contributed by atoms with Crippen LogP contribution in [0.15, 0.2) is 64.9 Å². The van der Waals surface area contributed by atoms with Gasteiger partial charge in [-0.1, -0.05) is 18.2 Å². The Morgan fingerprint density at radius 3 is 2.65 bits per heavy atom. The monoisotopic (exact) mass is 474 g/mol. The van der Waals surface area contributed by atoms with Gasteiger partial charge in [0, 0.05) is 49.0 Å². The predicted molar refractivity (Wildman–Crippen MR) is 138 cm³/mol. The Hall–Kier alpha value is -2.93. The highest BCUT2D eigenvalue weighted by Gasteiger charge is 2.19. The zero-order valence-electron chi connectivity index (χ0n) is 19.5. The summed E-state index contributed by atoms with van der Waals surface area (Å²) in [6.07, 6.45) is 4.70. The summed E-state index contributed by atoms with van der Waals surface area (Å²) in [5.41, 5.74) is 6.02. The lowest BCUT2D eigenvalue weighted by atomic mass is 10.0. The third kappa shape index (κ3) is 5.41. The van der Waals surface area contributed by atoms with E-state index in [-0.39, 0.29) is 5.91 Å². The van der Waals surface area contributed by atoms with Gasteiger partial charge >= 0.3 is 0 Å². The van der Waals surface area contributed by atoms with E-state index in [0.29, 0.717) is 19.1 Å².